The molecular weight excluding hydrogens is 532 g/mol. The van der Waals surface area contributed by atoms with Crippen molar-refractivity contribution in [3.05, 3.63) is 66.1 Å². The molecule has 38 heavy (non-hydrogen) atoms. The van der Waals surface area contributed by atoms with Gasteiger partial charge in [0, 0.05) is 30.6 Å². The lowest BCUT2D eigenvalue weighted by Crippen LogP contribution is -2.39. The van der Waals surface area contributed by atoms with Crippen molar-refractivity contribution in [1.29, 1.82) is 0 Å². The van der Waals surface area contributed by atoms with Crippen LogP contribution in [0.25, 0.3) is 16.3 Å². The number of amides is 1. The molecule has 1 aliphatic rings. The molecule has 3 aromatic heterocycles. The number of morpholine rings is 1. The van der Waals surface area contributed by atoms with Gasteiger partial charge in [-0.05, 0) is 29.8 Å². The smallest absolute Gasteiger partial charge is 0.267 e. The maximum atomic E-state index is 12.9. The van der Waals surface area contributed by atoms with Gasteiger partial charge in [0.05, 0.1) is 34.5 Å². The third-order valence-electron chi connectivity index (χ3n) is 5.63. The van der Waals surface area contributed by atoms with Crippen molar-refractivity contribution in [3.63, 3.8) is 0 Å². The first kappa shape index (κ1) is 25.5. The molecule has 4 aromatic rings. The molecule has 0 saturated carbocycles. The Morgan fingerprint density at radius 1 is 1.18 bits per heavy atom. The molecule has 0 radical (unpaired) electrons. The Morgan fingerprint density at radius 2 is 1.95 bits per heavy atom. The van der Waals surface area contributed by atoms with Gasteiger partial charge in [0.2, 0.25) is 11.9 Å². The molecule has 0 aliphatic carbocycles. The summed E-state index contributed by atoms with van der Waals surface area (Å²) in [7, 11) is -3.86. The summed E-state index contributed by atoms with van der Waals surface area (Å²) >= 11 is 1.22. The highest BCUT2D eigenvalue weighted by Crippen LogP contribution is 2.32. The number of hydroxylamine groups is 1. The maximum absolute atomic E-state index is 12.9. The van der Waals surface area contributed by atoms with Gasteiger partial charge in [0.15, 0.2) is 0 Å². The number of aromatic nitrogens is 4. The minimum atomic E-state index is -3.86. The van der Waals surface area contributed by atoms with Gasteiger partial charge in [-0.25, -0.2) is 33.8 Å². The molecular formula is C23H22N8O5S2. The average molecular weight is 555 g/mol. The predicted octanol–water partition coefficient (Wildman–Crippen LogP) is 1.96. The molecule has 1 amide bonds. The van der Waals surface area contributed by atoms with Crippen LogP contribution in [0.4, 0.5) is 16.9 Å². The molecule has 0 spiro atoms. The van der Waals surface area contributed by atoms with Crippen molar-refractivity contribution >= 4 is 60.5 Å². The largest absolute Gasteiger partial charge is 0.370 e. The first-order valence-electron chi connectivity index (χ1n) is 11.3. The second-order valence-electron chi connectivity index (χ2n) is 8.19. The summed E-state index contributed by atoms with van der Waals surface area (Å²) in [6, 6.07) is 7.60. The van der Waals surface area contributed by atoms with Crippen LogP contribution in [0.15, 0.2) is 59.9 Å². The molecule has 1 atom stereocenters. The first-order chi connectivity index (χ1) is 18.3. The number of carbonyl (C=O) groups excluding carboxylic acids is 1. The summed E-state index contributed by atoms with van der Waals surface area (Å²) in [5.41, 5.74) is 9.06. The second kappa shape index (κ2) is 10.7. The normalized spacial score (nSPS) is 16.1. The minimum Gasteiger partial charge on any atom is -0.370 e. The van der Waals surface area contributed by atoms with E-state index in [9.17, 15) is 13.2 Å². The van der Waals surface area contributed by atoms with E-state index in [0.717, 1.165) is 16.3 Å². The Labute approximate surface area is 221 Å². The number of nitrogens with two attached hydrogens (primary N) is 1. The zero-order chi connectivity index (χ0) is 26.7. The summed E-state index contributed by atoms with van der Waals surface area (Å²) < 4.78 is 35.0. The number of thiophene rings is 1. The van der Waals surface area contributed by atoms with Gasteiger partial charge in [-0.1, -0.05) is 12.1 Å². The predicted molar refractivity (Wildman–Crippen MR) is 141 cm³/mol. The molecule has 5 rings (SSSR count). The van der Waals surface area contributed by atoms with Crippen molar-refractivity contribution < 1.29 is 23.2 Å². The molecule has 1 saturated heterocycles. The number of sulfonamides is 1. The molecule has 4 heterocycles. The number of benzene rings is 1. The van der Waals surface area contributed by atoms with Crippen molar-refractivity contribution in [2.24, 2.45) is 0 Å². The van der Waals surface area contributed by atoms with Gasteiger partial charge in [-0.3, -0.25) is 14.7 Å². The van der Waals surface area contributed by atoms with E-state index in [0.29, 0.717) is 41.7 Å². The van der Waals surface area contributed by atoms with Crippen LogP contribution in [0.3, 0.4) is 0 Å². The van der Waals surface area contributed by atoms with Gasteiger partial charge in [0.1, 0.15) is 11.1 Å². The fourth-order valence-electron chi connectivity index (χ4n) is 3.74. The molecule has 1 aliphatic heterocycles. The standard InChI is InChI=1S/C23H22N8O5S2/c24-22-25-10-15(11-26-22)18-13-31(7-8-36-18)23-27-12-19-17(28-23)9-21(37-19)30-38(34,35)16-4-1-14(2-5-16)3-6-20(32)29-33/h1-6,9-12,18,30,33H,7-8,13H2,(H,29,32)(H2,24,25,26)/b6-3+. The van der Waals surface area contributed by atoms with Crippen LogP contribution in [0.1, 0.15) is 17.2 Å². The number of nitrogens with one attached hydrogen (secondary N) is 2. The van der Waals surface area contributed by atoms with E-state index in [-0.39, 0.29) is 16.9 Å². The quantitative estimate of drug-likeness (QED) is 0.149. The van der Waals surface area contributed by atoms with E-state index in [2.05, 4.69) is 24.7 Å². The molecule has 1 fully saturated rings. The number of ether oxygens (including phenoxy) is 1. The zero-order valence-corrected chi connectivity index (χ0v) is 21.3. The topological polar surface area (TPSA) is 186 Å². The molecule has 1 aromatic carbocycles. The third kappa shape index (κ3) is 5.70. The van der Waals surface area contributed by atoms with E-state index in [1.807, 2.05) is 4.90 Å². The second-order valence-corrected chi connectivity index (χ2v) is 11.0. The Balaban J connectivity index is 1.30. The van der Waals surface area contributed by atoms with E-state index in [1.165, 1.54) is 35.0 Å². The number of anilines is 3. The third-order valence-corrected chi connectivity index (χ3v) is 8.12. The van der Waals surface area contributed by atoms with Crippen molar-refractivity contribution in [3.8, 4) is 0 Å². The first-order valence-corrected chi connectivity index (χ1v) is 13.6. The lowest BCUT2D eigenvalue weighted by molar-refractivity contribution is -0.124. The highest BCUT2D eigenvalue weighted by molar-refractivity contribution is 7.93. The lowest BCUT2D eigenvalue weighted by atomic mass is 10.1. The molecule has 1 unspecified atom stereocenters. The highest BCUT2D eigenvalue weighted by Gasteiger charge is 2.25. The van der Waals surface area contributed by atoms with E-state index in [1.54, 1.807) is 36.8 Å². The lowest BCUT2D eigenvalue weighted by Gasteiger charge is -2.32. The molecule has 196 valence electrons. The Hall–Kier alpha value is -4.18. The van der Waals surface area contributed by atoms with Crippen LogP contribution in [-0.2, 0) is 19.6 Å². The van der Waals surface area contributed by atoms with Crippen molar-refractivity contribution in [2.75, 3.05) is 35.1 Å². The van der Waals surface area contributed by atoms with Crippen LogP contribution in [0.5, 0.6) is 0 Å². The van der Waals surface area contributed by atoms with Crippen LogP contribution in [-0.4, -0.2) is 59.2 Å². The molecule has 5 N–H and O–H groups in total. The monoisotopic (exact) mass is 554 g/mol. The summed E-state index contributed by atoms with van der Waals surface area (Å²) in [5, 5.41) is 8.94. The van der Waals surface area contributed by atoms with Crippen molar-refractivity contribution in [1.82, 2.24) is 25.4 Å². The number of rotatable bonds is 7. The highest BCUT2D eigenvalue weighted by atomic mass is 32.2. The minimum absolute atomic E-state index is 0.0523. The summed E-state index contributed by atoms with van der Waals surface area (Å²) in [4.78, 5) is 30.3. The van der Waals surface area contributed by atoms with E-state index in [4.69, 9.17) is 15.7 Å². The van der Waals surface area contributed by atoms with Gasteiger partial charge >= 0.3 is 0 Å². The summed E-state index contributed by atoms with van der Waals surface area (Å²) in [6.07, 6.45) is 7.24. The molecule has 15 heteroatoms. The van der Waals surface area contributed by atoms with Gasteiger partial charge in [0.25, 0.3) is 15.9 Å². The summed E-state index contributed by atoms with van der Waals surface area (Å²) in [6.45, 7) is 1.56. The fourth-order valence-corrected chi connectivity index (χ4v) is 5.89. The van der Waals surface area contributed by atoms with E-state index < -0.39 is 15.9 Å². The van der Waals surface area contributed by atoms with Gasteiger partial charge in [-0.15, -0.1) is 11.3 Å². The Morgan fingerprint density at radius 3 is 2.68 bits per heavy atom. The Kier molecular flexibility index (Phi) is 7.15. The van der Waals surface area contributed by atoms with Gasteiger partial charge < -0.3 is 15.4 Å². The maximum Gasteiger partial charge on any atom is 0.267 e. The number of nitrogen functional groups attached to an aromatic ring is 1. The van der Waals surface area contributed by atoms with Crippen LogP contribution < -0.4 is 20.8 Å². The van der Waals surface area contributed by atoms with E-state index >= 15 is 0 Å². The van der Waals surface area contributed by atoms with Crippen LogP contribution in [0.2, 0.25) is 0 Å². The molecule has 13 nitrogen and oxygen atoms in total. The summed E-state index contributed by atoms with van der Waals surface area (Å²) in [5.74, 6) is 0.00933. The van der Waals surface area contributed by atoms with Crippen LogP contribution >= 0.6 is 11.3 Å². The van der Waals surface area contributed by atoms with Gasteiger partial charge in [-0.2, -0.15) is 0 Å². The average Bonchev–Trinajstić information content (AvgIpc) is 3.33. The number of carbonyl (C=O) groups is 1. The number of fused-ring (bicyclic) bond motifs is 1. The number of hydrogen-bond donors (Lipinski definition) is 4. The SMILES string of the molecule is Nc1ncc(C2CN(c3ncc4sc(NS(=O)(=O)c5ccc(/C=C/C(=O)NO)cc5)cc4n3)CCO2)cn1. The fraction of sp³-hybridized carbons (Fsp3) is 0.174. The zero-order valence-electron chi connectivity index (χ0n) is 19.7. The number of nitrogens with zero attached hydrogens (tertiary/aromatic N) is 5. The molecule has 0 bridgehead atoms. The van der Waals surface area contributed by atoms with Crippen LogP contribution in [0, 0.1) is 0 Å². The Bertz CT molecular complexity index is 1590. The van der Waals surface area contributed by atoms with Crippen molar-refractivity contribution in [2.45, 2.75) is 11.0 Å². The number of hydrogen-bond acceptors (Lipinski definition) is 12.